The highest BCUT2D eigenvalue weighted by Crippen LogP contribution is 2.26. The summed E-state index contributed by atoms with van der Waals surface area (Å²) in [5.41, 5.74) is 1.71. The first-order chi connectivity index (χ1) is 11.0. The Hall–Kier alpha value is -2.69. The molecule has 0 aromatic heterocycles. The first-order valence-corrected chi connectivity index (χ1v) is 7.47. The fourth-order valence-electron chi connectivity index (χ4n) is 2.66. The van der Waals surface area contributed by atoms with Gasteiger partial charge in [-0.15, -0.1) is 0 Å². The van der Waals surface area contributed by atoms with Crippen molar-refractivity contribution >= 4 is 23.2 Å². The van der Waals surface area contributed by atoms with Gasteiger partial charge >= 0.3 is 0 Å². The molecule has 1 N–H and O–H groups in total. The Kier molecular flexibility index (Phi) is 4.10. The number of aryl methyl sites for hydroxylation is 1. The van der Waals surface area contributed by atoms with Crippen molar-refractivity contribution in [3.63, 3.8) is 0 Å². The number of nitrogens with zero attached hydrogens (tertiary/aromatic N) is 1. The number of amides is 2. The van der Waals surface area contributed by atoms with Gasteiger partial charge in [0.1, 0.15) is 5.82 Å². The predicted octanol–water partition coefficient (Wildman–Crippen LogP) is 3.13. The van der Waals surface area contributed by atoms with Crippen LogP contribution in [0.1, 0.15) is 12.0 Å². The number of nitrogens with one attached hydrogen (secondary N) is 1. The van der Waals surface area contributed by atoms with E-state index in [0.29, 0.717) is 17.8 Å². The summed E-state index contributed by atoms with van der Waals surface area (Å²) in [5.74, 6) is -1.14. The number of hydrogen-bond acceptors (Lipinski definition) is 2. The molecule has 0 spiro atoms. The van der Waals surface area contributed by atoms with E-state index in [9.17, 15) is 14.0 Å². The molecule has 0 radical (unpaired) electrons. The number of para-hydroxylation sites is 1. The molecular weight excluding hydrogens is 295 g/mol. The van der Waals surface area contributed by atoms with Crippen molar-refractivity contribution in [2.45, 2.75) is 13.3 Å². The highest BCUT2D eigenvalue weighted by molar-refractivity contribution is 6.03. The van der Waals surface area contributed by atoms with Crippen LogP contribution in [-0.4, -0.2) is 18.4 Å². The van der Waals surface area contributed by atoms with Crippen LogP contribution in [0.15, 0.2) is 48.5 Å². The van der Waals surface area contributed by atoms with Crippen molar-refractivity contribution in [2.75, 3.05) is 16.8 Å². The summed E-state index contributed by atoms with van der Waals surface area (Å²) in [7, 11) is 0. The van der Waals surface area contributed by atoms with Crippen LogP contribution in [0.4, 0.5) is 15.8 Å². The summed E-state index contributed by atoms with van der Waals surface area (Å²) in [5, 5.41) is 2.69. The fourth-order valence-corrected chi connectivity index (χ4v) is 2.66. The Labute approximate surface area is 133 Å². The summed E-state index contributed by atoms with van der Waals surface area (Å²) in [4.78, 5) is 26.1. The van der Waals surface area contributed by atoms with Gasteiger partial charge in [-0.25, -0.2) is 4.39 Å². The van der Waals surface area contributed by atoms with Gasteiger partial charge in [0.25, 0.3) is 0 Å². The van der Waals surface area contributed by atoms with Gasteiger partial charge in [-0.3, -0.25) is 9.59 Å². The van der Waals surface area contributed by atoms with Crippen LogP contribution >= 0.6 is 0 Å². The lowest BCUT2D eigenvalue weighted by Gasteiger charge is -2.16. The second-order valence-corrected chi connectivity index (χ2v) is 5.69. The van der Waals surface area contributed by atoms with Crippen LogP contribution in [0.2, 0.25) is 0 Å². The molecule has 1 atom stereocenters. The second-order valence-electron chi connectivity index (χ2n) is 5.69. The van der Waals surface area contributed by atoms with Crippen molar-refractivity contribution < 1.29 is 14.0 Å². The molecule has 1 saturated heterocycles. The molecule has 1 aliphatic heterocycles. The average molecular weight is 312 g/mol. The molecule has 23 heavy (non-hydrogen) atoms. The highest BCUT2D eigenvalue weighted by Gasteiger charge is 2.35. The topological polar surface area (TPSA) is 49.4 Å². The average Bonchev–Trinajstić information content (AvgIpc) is 2.94. The molecule has 118 valence electrons. The van der Waals surface area contributed by atoms with E-state index in [4.69, 9.17) is 0 Å². The van der Waals surface area contributed by atoms with Crippen LogP contribution in [0, 0.1) is 18.7 Å². The molecule has 1 heterocycles. The van der Waals surface area contributed by atoms with Crippen LogP contribution < -0.4 is 10.2 Å². The molecule has 0 aliphatic carbocycles. The standard InChI is InChI=1S/C18H17FN2O2/c1-12-7-8-14(10-16(12)19)20-18(23)13-9-17(22)21(11-13)15-5-3-2-4-6-15/h2-8,10,13H,9,11H2,1H3,(H,20,23)/t13-/m1/s1. The quantitative estimate of drug-likeness (QED) is 0.946. The number of benzene rings is 2. The molecule has 5 heteroatoms. The highest BCUT2D eigenvalue weighted by atomic mass is 19.1. The zero-order valence-corrected chi connectivity index (χ0v) is 12.8. The molecule has 0 bridgehead atoms. The smallest absolute Gasteiger partial charge is 0.229 e. The number of carbonyl (C=O) groups is 2. The third-order valence-electron chi connectivity index (χ3n) is 4.00. The molecular formula is C18H17FN2O2. The maximum atomic E-state index is 13.5. The van der Waals surface area contributed by atoms with E-state index in [1.165, 1.54) is 6.07 Å². The van der Waals surface area contributed by atoms with Gasteiger partial charge in [-0.2, -0.15) is 0 Å². The van der Waals surface area contributed by atoms with E-state index in [0.717, 1.165) is 5.69 Å². The molecule has 2 aromatic rings. The molecule has 4 nitrogen and oxygen atoms in total. The minimum Gasteiger partial charge on any atom is -0.326 e. The Morgan fingerprint density at radius 2 is 1.96 bits per heavy atom. The minimum absolute atomic E-state index is 0.0774. The minimum atomic E-state index is -0.438. The zero-order valence-electron chi connectivity index (χ0n) is 12.8. The summed E-state index contributed by atoms with van der Waals surface area (Å²) in [6, 6.07) is 13.8. The molecule has 3 rings (SSSR count). The maximum absolute atomic E-state index is 13.5. The third kappa shape index (κ3) is 3.23. The Balaban J connectivity index is 1.69. The molecule has 0 saturated carbocycles. The predicted molar refractivity (Wildman–Crippen MR) is 86.7 cm³/mol. The monoisotopic (exact) mass is 312 g/mol. The molecule has 2 amide bonds. The summed E-state index contributed by atoms with van der Waals surface area (Å²) in [6.45, 7) is 2.00. The van der Waals surface area contributed by atoms with Crippen molar-refractivity contribution in [3.8, 4) is 0 Å². The largest absolute Gasteiger partial charge is 0.326 e. The number of hydrogen-bond donors (Lipinski definition) is 1. The van der Waals surface area contributed by atoms with Crippen LogP contribution in [0.5, 0.6) is 0 Å². The van der Waals surface area contributed by atoms with E-state index in [1.807, 2.05) is 30.3 Å². The lowest BCUT2D eigenvalue weighted by atomic mass is 10.1. The van der Waals surface area contributed by atoms with Crippen LogP contribution in [0.3, 0.4) is 0 Å². The lowest BCUT2D eigenvalue weighted by Crippen LogP contribution is -2.28. The van der Waals surface area contributed by atoms with Crippen LogP contribution in [0.25, 0.3) is 0 Å². The zero-order chi connectivity index (χ0) is 16.4. The van der Waals surface area contributed by atoms with Gasteiger partial charge in [0.2, 0.25) is 11.8 Å². The van der Waals surface area contributed by atoms with Gasteiger partial charge in [0, 0.05) is 24.3 Å². The van der Waals surface area contributed by atoms with E-state index in [1.54, 1.807) is 24.0 Å². The Morgan fingerprint density at radius 3 is 2.65 bits per heavy atom. The number of rotatable bonds is 3. The molecule has 1 aliphatic rings. The fraction of sp³-hybridized carbons (Fsp3) is 0.222. The van der Waals surface area contributed by atoms with Gasteiger partial charge < -0.3 is 10.2 Å². The SMILES string of the molecule is Cc1ccc(NC(=O)[C@@H]2CC(=O)N(c3ccccc3)C2)cc1F. The molecule has 0 unspecified atom stereocenters. The van der Waals surface area contributed by atoms with Crippen LogP contribution in [-0.2, 0) is 9.59 Å². The van der Waals surface area contributed by atoms with E-state index in [-0.39, 0.29) is 24.1 Å². The normalized spacial score (nSPS) is 17.4. The van der Waals surface area contributed by atoms with Gasteiger partial charge in [-0.05, 0) is 36.8 Å². The number of halogens is 1. The van der Waals surface area contributed by atoms with E-state index in [2.05, 4.69) is 5.32 Å². The van der Waals surface area contributed by atoms with E-state index < -0.39 is 5.92 Å². The first kappa shape index (κ1) is 15.2. The van der Waals surface area contributed by atoms with Crippen molar-refractivity contribution in [3.05, 3.63) is 59.9 Å². The van der Waals surface area contributed by atoms with Crippen molar-refractivity contribution in [1.29, 1.82) is 0 Å². The van der Waals surface area contributed by atoms with Crippen molar-refractivity contribution in [1.82, 2.24) is 0 Å². The van der Waals surface area contributed by atoms with Gasteiger partial charge in [0.05, 0.1) is 5.92 Å². The Bertz CT molecular complexity index is 746. The van der Waals surface area contributed by atoms with E-state index >= 15 is 0 Å². The van der Waals surface area contributed by atoms with Gasteiger partial charge in [0.15, 0.2) is 0 Å². The number of anilines is 2. The summed E-state index contributed by atoms with van der Waals surface area (Å²) in [6.07, 6.45) is 0.162. The second kappa shape index (κ2) is 6.20. The molecule has 2 aromatic carbocycles. The van der Waals surface area contributed by atoms with Crippen molar-refractivity contribution in [2.24, 2.45) is 5.92 Å². The lowest BCUT2D eigenvalue weighted by molar-refractivity contribution is -0.122. The van der Waals surface area contributed by atoms with Gasteiger partial charge in [-0.1, -0.05) is 24.3 Å². The summed E-state index contributed by atoms with van der Waals surface area (Å²) < 4.78 is 13.5. The number of carbonyl (C=O) groups excluding carboxylic acids is 2. The maximum Gasteiger partial charge on any atom is 0.229 e. The summed E-state index contributed by atoms with van der Waals surface area (Å²) >= 11 is 0. The Morgan fingerprint density at radius 1 is 1.22 bits per heavy atom. The molecule has 1 fully saturated rings. The first-order valence-electron chi connectivity index (χ1n) is 7.47. The third-order valence-corrected chi connectivity index (χ3v) is 4.00.